The second kappa shape index (κ2) is 9.16. The van der Waals surface area contributed by atoms with Gasteiger partial charge in [-0.25, -0.2) is 5.43 Å². The third-order valence-electron chi connectivity index (χ3n) is 3.32. The number of nitrogens with zero attached hydrogens (tertiary/aromatic N) is 1. The summed E-state index contributed by atoms with van der Waals surface area (Å²) in [6, 6.07) is 5.92. The SMILES string of the molecule is CCCC/C(CC)=N/NC(=O)COc1c(C)cccc1C. The summed E-state index contributed by atoms with van der Waals surface area (Å²) in [6.07, 6.45) is 4.02. The highest BCUT2D eigenvalue weighted by Gasteiger charge is 2.07. The molecule has 21 heavy (non-hydrogen) atoms. The van der Waals surface area contributed by atoms with Gasteiger partial charge in [0.15, 0.2) is 6.61 Å². The topological polar surface area (TPSA) is 50.7 Å². The van der Waals surface area contributed by atoms with Crippen molar-refractivity contribution in [3.05, 3.63) is 29.3 Å². The van der Waals surface area contributed by atoms with Crippen molar-refractivity contribution in [2.75, 3.05) is 6.61 Å². The van der Waals surface area contributed by atoms with Crippen LogP contribution in [0.1, 0.15) is 50.7 Å². The number of aryl methyl sites for hydroxylation is 2. The lowest BCUT2D eigenvalue weighted by atomic mass is 10.1. The van der Waals surface area contributed by atoms with Crippen molar-refractivity contribution in [3.63, 3.8) is 0 Å². The molecule has 0 spiro atoms. The first-order valence-electron chi connectivity index (χ1n) is 7.61. The first-order chi connectivity index (χ1) is 10.1. The molecule has 1 aromatic rings. The molecule has 0 saturated heterocycles. The monoisotopic (exact) mass is 290 g/mol. The number of hydrogen-bond donors (Lipinski definition) is 1. The molecular weight excluding hydrogens is 264 g/mol. The van der Waals surface area contributed by atoms with Gasteiger partial charge in [-0.15, -0.1) is 0 Å². The maximum absolute atomic E-state index is 11.8. The zero-order valence-electron chi connectivity index (χ0n) is 13.5. The predicted octanol–water partition coefficient (Wildman–Crippen LogP) is 3.75. The molecule has 0 atom stereocenters. The Bertz CT molecular complexity index is 475. The number of benzene rings is 1. The predicted molar refractivity (Wildman–Crippen MR) is 86.8 cm³/mol. The van der Waals surface area contributed by atoms with Crippen molar-refractivity contribution in [1.29, 1.82) is 0 Å². The first-order valence-corrected chi connectivity index (χ1v) is 7.61. The van der Waals surface area contributed by atoms with E-state index in [-0.39, 0.29) is 12.5 Å². The van der Waals surface area contributed by atoms with Gasteiger partial charge >= 0.3 is 0 Å². The van der Waals surface area contributed by atoms with Gasteiger partial charge in [-0.1, -0.05) is 38.5 Å². The summed E-state index contributed by atoms with van der Waals surface area (Å²) in [7, 11) is 0. The minimum Gasteiger partial charge on any atom is -0.483 e. The second-order valence-corrected chi connectivity index (χ2v) is 5.18. The second-order valence-electron chi connectivity index (χ2n) is 5.18. The van der Waals surface area contributed by atoms with Gasteiger partial charge in [-0.05, 0) is 44.2 Å². The van der Waals surface area contributed by atoms with Crippen LogP contribution in [-0.2, 0) is 4.79 Å². The third-order valence-corrected chi connectivity index (χ3v) is 3.32. The van der Waals surface area contributed by atoms with E-state index in [1.807, 2.05) is 39.0 Å². The number of para-hydroxylation sites is 1. The Morgan fingerprint density at radius 3 is 2.48 bits per heavy atom. The van der Waals surface area contributed by atoms with E-state index in [1.165, 1.54) is 0 Å². The maximum atomic E-state index is 11.8. The molecule has 116 valence electrons. The van der Waals surface area contributed by atoms with E-state index in [1.54, 1.807) is 0 Å². The smallest absolute Gasteiger partial charge is 0.277 e. The van der Waals surface area contributed by atoms with E-state index in [0.717, 1.165) is 48.3 Å². The summed E-state index contributed by atoms with van der Waals surface area (Å²) in [5, 5.41) is 4.17. The van der Waals surface area contributed by atoms with Crippen molar-refractivity contribution in [2.24, 2.45) is 5.10 Å². The van der Waals surface area contributed by atoms with Crippen LogP contribution in [0.2, 0.25) is 0 Å². The van der Waals surface area contributed by atoms with Crippen LogP contribution >= 0.6 is 0 Å². The molecule has 4 nitrogen and oxygen atoms in total. The van der Waals surface area contributed by atoms with Crippen molar-refractivity contribution < 1.29 is 9.53 Å². The van der Waals surface area contributed by atoms with Crippen LogP contribution in [0, 0.1) is 13.8 Å². The van der Waals surface area contributed by atoms with E-state index in [4.69, 9.17) is 4.74 Å². The van der Waals surface area contributed by atoms with Crippen LogP contribution in [0.5, 0.6) is 5.75 Å². The number of hydrazone groups is 1. The lowest BCUT2D eigenvalue weighted by molar-refractivity contribution is -0.123. The molecule has 0 unspecified atom stereocenters. The van der Waals surface area contributed by atoms with E-state index in [0.29, 0.717) is 0 Å². The Morgan fingerprint density at radius 1 is 1.24 bits per heavy atom. The van der Waals surface area contributed by atoms with Crippen LogP contribution in [0.15, 0.2) is 23.3 Å². The van der Waals surface area contributed by atoms with Crippen LogP contribution in [-0.4, -0.2) is 18.2 Å². The summed E-state index contributed by atoms with van der Waals surface area (Å²) in [6.45, 7) is 8.12. The van der Waals surface area contributed by atoms with Crippen LogP contribution in [0.25, 0.3) is 0 Å². The number of ether oxygens (including phenoxy) is 1. The van der Waals surface area contributed by atoms with Gasteiger partial charge in [-0.3, -0.25) is 4.79 Å². The highest BCUT2D eigenvalue weighted by molar-refractivity contribution is 5.86. The molecule has 0 aromatic heterocycles. The Morgan fingerprint density at radius 2 is 1.90 bits per heavy atom. The van der Waals surface area contributed by atoms with E-state index < -0.39 is 0 Å². The van der Waals surface area contributed by atoms with Gasteiger partial charge in [0.2, 0.25) is 0 Å². The van der Waals surface area contributed by atoms with E-state index in [2.05, 4.69) is 17.5 Å². The summed E-state index contributed by atoms with van der Waals surface area (Å²) in [4.78, 5) is 11.8. The largest absolute Gasteiger partial charge is 0.483 e. The zero-order valence-corrected chi connectivity index (χ0v) is 13.5. The molecule has 1 aromatic carbocycles. The van der Waals surface area contributed by atoms with Gasteiger partial charge in [0, 0.05) is 5.71 Å². The Balaban J connectivity index is 2.49. The molecule has 0 radical (unpaired) electrons. The van der Waals surface area contributed by atoms with Crippen molar-refractivity contribution in [1.82, 2.24) is 5.43 Å². The standard InChI is InChI=1S/C17H26N2O2/c1-5-7-11-15(6-2)18-19-16(20)12-21-17-13(3)9-8-10-14(17)4/h8-10H,5-7,11-12H2,1-4H3,(H,19,20)/b18-15+. The molecule has 1 amide bonds. The Kier molecular flexibility index (Phi) is 7.51. The molecule has 1 rings (SSSR count). The van der Waals surface area contributed by atoms with Crippen LogP contribution < -0.4 is 10.2 Å². The Labute approximate surface area is 127 Å². The van der Waals surface area contributed by atoms with Gasteiger partial charge in [-0.2, -0.15) is 5.10 Å². The molecule has 0 aliphatic heterocycles. The summed E-state index contributed by atoms with van der Waals surface area (Å²) < 4.78 is 5.60. The molecule has 0 fully saturated rings. The quantitative estimate of drug-likeness (QED) is 0.585. The number of unbranched alkanes of at least 4 members (excludes halogenated alkanes) is 1. The molecule has 0 heterocycles. The average Bonchev–Trinajstić information content (AvgIpc) is 2.47. The normalized spacial score (nSPS) is 11.3. The summed E-state index contributed by atoms with van der Waals surface area (Å²) in [5.41, 5.74) is 5.66. The fraction of sp³-hybridized carbons (Fsp3) is 0.529. The molecule has 0 saturated carbocycles. The number of carbonyl (C=O) groups excluding carboxylic acids is 1. The first kappa shape index (κ1) is 17.2. The summed E-state index contributed by atoms with van der Waals surface area (Å²) in [5.74, 6) is 0.554. The third kappa shape index (κ3) is 5.98. The van der Waals surface area contributed by atoms with E-state index >= 15 is 0 Å². The molecule has 1 N–H and O–H groups in total. The Hall–Kier alpha value is -1.84. The minimum atomic E-state index is -0.222. The average molecular weight is 290 g/mol. The molecule has 0 aliphatic rings. The summed E-state index contributed by atoms with van der Waals surface area (Å²) >= 11 is 0. The van der Waals surface area contributed by atoms with Gasteiger partial charge in [0.1, 0.15) is 5.75 Å². The van der Waals surface area contributed by atoms with Crippen LogP contribution in [0.4, 0.5) is 0 Å². The van der Waals surface area contributed by atoms with Crippen molar-refractivity contribution in [2.45, 2.75) is 53.4 Å². The number of carbonyl (C=O) groups is 1. The highest BCUT2D eigenvalue weighted by Crippen LogP contribution is 2.21. The number of rotatable bonds is 8. The zero-order chi connectivity index (χ0) is 15.7. The lowest BCUT2D eigenvalue weighted by Gasteiger charge is -2.11. The van der Waals surface area contributed by atoms with Gasteiger partial charge in [0.25, 0.3) is 5.91 Å². The molecule has 0 bridgehead atoms. The fourth-order valence-electron chi connectivity index (χ4n) is 2.03. The minimum absolute atomic E-state index is 0.0139. The molecule has 0 aliphatic carbocycles. The molecule has 4 heteroatoms. The number of hydrogen-bond acceptors (Lipinski definition) is 3. The van der Waals surface area contributed by atoms with Crippen molar-refractivity contribution >= 4 is 11.6 Å². The van der Waals surface area contributed by atoms with Crippen LogP contribution in [0.3, 0.4) is 0 Å². The number of amides is 1. The maximum Gasteiger partial charge on any atom is 0.277 e. The number of nitrogens with one attached hydrogen (secondary N) is 1. The lowest BCUT2D eigenvalue weighted by Crippen LogP contribution is -2.26. The van der Waals surface area contributed by atoms with E-state index in [9.17, 15) is 4.79 Å². The van der Waals surface area contributed by atoms with Gasteiger partial charge < -0.3 is 4.74 Å². The highest BCUT2D eigenvalue weighted by atomic mass is 16.5. The van der Waals surface area contributed by atoms with Crippen molar-refractivity contribution in [3.8, 4) is 5.75 Å². The fourth-order valence-corrected chi connectivity index (χ4v) is 2.03. The molecular formula is C17H26N2O2. The van der Waals surface area contributed by atoms with Gasteiger partial charge in [0.05, 0.1) is 0 Å².